The van der Waals surface area contributed by atoms with E-state index in [1.165, 1.54) is 0 Å². The lowest BCUT2D eigenvalue weighted by atomic mass is 9.74. The Bertz CT molecular complexity index is 3250. The molecule has 10 bridgehead atoms. The highest BCUT2D eigenvalue weighted by atomic mass is 16.6. The Morgan fingerprint density at radius 1 is 0.360 bits per heavy atom. The number of para-hydroxylation sites is 6. The van der Waals surface area contributed by atoms with Gasteiger partial charge in [-0.15, -0.1) is 0 Å². The first-order chi connectivity index (χ1) is 42.3. The van der Waals surface area contributed by atoms with Gasteiger partial charge in [-0.3, -0.25) is 0 Å². The molecule has 0 atom stereocenters. The van der Waals surface area contributed by atoms with Crippen molar-refractivity contribution >= 4 is 22.7 Å². The van der Waals surface area contributed by atoms with E-state index in [0.717, 1.165) is 136 Å². The summed E-state index contributed by atoms with van der Waals surface area (Å²) in [7, 11) is 7.96. The maximum atomic E-state index is 7.21. The Hall–Kier alpha value is -7.68. The summed E-state index contributed by atoms with van der Waals surface area (Å²) in [5.41, 5.74) is 16.5. The van der Waals surface area contributed by atoms with Crippen LogP contribution in [0.25, 0.3) is 0 Å². The Morgan fingerprint density at radius 2 is 0.640 bits per heavy atom. The molecule has 446 valence electrons. The quantitative estimate of drug-likeness (QED) is 0.130. The summed E-state index contributed by atoms with van der Waals surface area (Å²) >= 11 is 0. The number of hydrogen-bond acceptors (Lipinski definition) is 12. The zero-order valence-corrected chi connectivity index (χ0v) is 50.7. The third-order valence-corrected chi connectivity index (χ3v) is 17.3. The van der Waals surface area contributed by atoms with E-state index < -0.39 is 11.2 Å². The van der Waals surface area contributed by atoms with Gasteiger partial charge in [0.1, 0.15) is 47.4 Å². The number of fused-ring (bicyclic) bond motifs is 6. The van der Waals surface area contributed by atoms with Crippen LogP contribution in [0.15, 0.2) is 158 Å². The highest BCUT2D eigenvalue weighted by molar-refractivity contribution is 5.81. The molecule has 0 unspecified atom stereocenters. The van der Waals surface area contributed by atoms with Crippen molar-refractivity contribution in [1.29, 1.82) is 0 Å². The Morgan fingerprint density at radius 3 is 0.919 bits per heavy atom. The topological polar surface area (TPSA) is 98.8 Å². The van der Waals surface area contributed by atoms with Gasteiger partial charge < -0.3 is 57.2 Å². The molecular formula is C74H80N2O10. The minimum absolute atomic E-state index is 0.306. The van der Waals surface area contributed by atoms with Crippen LogP contribution < -0.4 is 28.7 Å². The molecule has 4 aliphatic rings. The van der Waals surface area contributed by atoms with E-state index in [4.69, 9.17) is 47.4 Å². The second kappa shape index (κ2) is 26.5. The van der Waals surface area contributed by atoms with Gasteiger partial charge in [-0.25, -0.2) is 0 Å². The standard InChI is InChI=1S/C74H80N2O10/c1-7-31-83-69-51-19-17-20-52(69)44-56-48-60(74(78-6)63-25-11-15-29-67(63)76(4)68-30-16-12-26-64(68)74)50-58-46-54-22-18-21-53(70(54)84-32-8-2)45-57-49-59(73(77-5)61-23-9-13-27-65(61)75(3)66-28-14-10-24-62(66)73)47-55(43-51)71(57)85-41-39-81-37-35-79-33-34-80-36-38-82-40-42-86-72(56)58/h9-30,47-50H,7-8,31-46H2,1-6H3. The van der Waals surface area contributed by atoms with Crippen LogP contribution in [0.1, 0.15) is 105 Å². The zero-order chi connectivity index (χ0) is 59.0. The van der Waals surface area contributed by atoms with Gasteiger partial charge in [0, 0.05) is 99.0 Å². The molecular weight excluding hydrogens is 1080 g/mol. The minimum Gasteiger partial charge on any atom is -0.493 e. The lowest BCUT2D eigenvalue weighted by molar-refractivity contribution is -0.00707. The smallest absolute Gasteiger partial charge is 0.147 e. The third kappa shape index (κ3) is 11.1. The van der Waals surface area contributed by atoms with Crippen LogP contribution in [0.3, 0.4) is 0 Å². The van der Waals surface area contributed by atoms with Gasteiger partial charge in [-0.1, -0.05) is 123 Å². The molecule has 86 heavy (non-hydrogen) atoms. The summed E-state index contributed by atoms with van der Waals surface area (Å²) in [5, 5.41) is 0. The molecule has 0 saturated carbocycles. The monoisotopic (exact) mass is 1160 g/mol. The van der Waals surface area contributed by atoms with Crippen molar-refractivity contribution in [2.24, 2.45) is 0 Å². The van der Waals surface area contributed by atoms with Gasteiger partial charge in [-0.2, -0.15) is 0 Å². The highest BCUT2D eigenvalue weighted by Gasteiger charge is 2.47. The van der Waals surface area contributed by atoms with Crippen LogP contribution in [0.2, 0.25) is 0 Å². The number of hydrogen-bond donors (Lipinski definition) is 0. The first kappa shape index (κ1) is 58.7. The summed E-state index contributed by atoms with van der Waals surface area (Å²) < 4.78 is 67.2. The van der Waals surface area contributed by atoms with E-state index >= 15 is 0 Å². The molecule has 3 aliphatic heterocycles. The van der Waals surface area contributed by atoms with E-state index in [1.807, 2.05) is 14.2 Å². The van der Waals surface area contributed by atoms with Crippen molar-refractivity contribution in [3.8, 4) is 23.0 Å². The normalized spacial score (nSPS) is 16.7. The van der Waals surface area contributed by atoms with E-state index in [9.17, 15) is 0 Å². The summed E-state index contributed by atoms with van der Waals surface area (Å²) in [6, 6.07) is 56.9. The molecule has 0 spiro atoms. The molecule has 12 nitrogen and oxygen atoms in total. The maximum Gasteiger partial charge on any atom is 0.147 e. The third-order valence-electron chi connectivity index (χ3n) is 17.3. The van der Waals surface area contributed by atoms with Crippen LogP contribution >= 0.6 is 0 Å². The molecule has 8 aromatic carbocycles. The molecule has 0 fully saturated rings. The number of anilines is 4. The maximum absolute atomic E-state index is 7.21. The lowest BCUT2D eigenvalue weighted by Crippen LogP contribution is -2.38. The van der Waals surface area contributed by atoms with Crippen LogP contribution in [-0.2, 0) is 65.3 Å². The van der Waals surface area contributed by atoms with Crippen LogP contribution in [-0.4, -0.2) is 108 Å². The van der Waals surface area contributed by atoms with Gasteiger partial charge in [0.25, 0.3) is 0 Å². The average molecular weight is 1160 g/mol. The molecule has 0 amide bonds. The summed E-state index contributed by atoms with van der Waals surface area (Å²) in [5.74, 6) is 3.25. The van der Waals surface area contributed by atoms with E-state index in [2.05, 4.69) is 195 Å². The molecule has 0 N–H and O–H groups in total. The SMILES string of the molecule is CCCOc1c2cccc1Cc1cc(C3(OC)c4ccccc4N(C)c4ccccc43)cc3c1OCCOCCOCCOCCOCCOc1c(cc(C4(OC)c5ccccc5N(C)c5ccccc54)cc1Cc1cccc(c1OCCC)C3)C2. The van der Waals surface area contributed by atoms with E-state index in [-0.39, 0.29) is 0 Å². The Balaban J connectivity index is 1.13. The first-order valence-corrected chi connectivity index (χ1v) is 30.6. The van der Waals surface area contributed by atoms with Crippen molar-refractivity contribution in [3.63, 3.8) is 0 Å². The summed E-state index contributed by atoms with van der Waals surface area (Å²) in [6.07, 6.45) is 3.53. The zero-order valence-electron chi connectivity index (χ0n) is 50.7. The molecule has 1 aliphatic carbocycles. The van der Waals surface area contributed by atoms with Gasteiger partial charge in [0.2, 0.25) is 0 Å². The largest absolute Gasteiger partial charge is 0.493 e. The van der Waals surface area contributed by atoms with Gasteiger partial charge in [-0.05, 0) is 117 Å². The van der Waals surface area contributed by atoms with Crippen molar-refractivity contribution in [3.05, 3.63) is 236 Å². The molecule has 12 heteroatoms. The van der Waals surface area contributed by atoms with Crippen molar-refractivity contribution < 1.29 is 47.4 Å². The molecule has 0 radical (unpaired) electrons. The van der Waals surface area contributed by atoms with Gasteiger partial charge >= 0.3 is 0 Å². The van der Waals surface area contributed by atoms with Crippen molar-refractivity contribution in [2.75, 3.05) is 117 Å². The van der Waals surface area contributed by atoms with Crippen LogP contribution in [0.5, 0.6) is 23.0 Å². The predicted molar refractivity (Wildman–Crippen MR) is 339 cm³/mol. The van der Waals surface area contributed by atoms with Crippen LogP contribution in [0.4, 0.5) is 22.7 Å². The van der Waals surface area contributed by atoms with Crippen LogP contribution in [0, 0.1) is 0 Å². The molecule has 12 rings (SSSR count). The van der Waals surface area contributed by atoms with E-state index in [0.29, 0.717) is 105 Å². The second-order valence-electron chi connectivity index (χ2n) is 22.6. The lowest BCUT2D eigenvalue weighted by Gasteiger charge is -2.44. The number of rotatable bonds is 10. The predicted octanol–water partition coefficient (Wildman–Crippen LogP) is 13.8. The fourth-order valence-corrected chi connectivity index (χ4v) is 13.5. The summed E-state index contributed by atoms with van der Waals surface area (Å²) in [4.78, 5) is 4.55. The Labute approximate surface area is 507 Å². The van der Waals surface area contributed by atoms with E-state index in [1.54, 1.807) is 0 Å². The number of benzene rings is 8. The van der Waals surface area contributed by atoms with Crippen molar-refractivity contribution in [2.45, 2.75) is 63.6 Å². The molecule has 0 saturated heterocycles. The fourth-order valence-electron chi connectivity index (χ4n) is 13.5. The average Bonchev–Trinajstić information content (AvgIpc) is 1.08. The highest BCUT2D eigenvalue weighted by Crippen LogP contribution is 2.56. The van der Waals surface area contributed by atoms with Gasteiger partial charge in [0.15, 0.2) is 0 Å². The molecule has 8 aromatic rings. The number of nitrogens with zero attached hydrogens (tertiary/aromatic N) is 2. The Kier molecular flexibility index (Phi) is 18.1. The summed E-state index contributed by atoms with van der Waals surface area (Å²) in [6.45, 7) is 9.29. The first-order valence-electron chi connectivity index (χ1n) is 30.6. The van der Waals surface area contributed by atoms with Crippen molar-refractivity contribution in [1.82, 2.24) is 0 Å². The number of methoxy groups -OCH3 is 2. The number of ether oxygens (including phenoxy) is 10. The fraction of sp³-hybridized carbons (Fsp3) is 0.351. The molecule has 3 heterocycles. The minimum atomic E-state index is -1.01. The second-order valence-corrected chi connectivity index (χ2v) is 22.6. The van der Waals surface area contributed by atoms with Gasteiger partial charge in [0.05, 0.1) is 66.1 Å². The molecule has 0 aromatic heterocycles.